The molecule has 0 saturated heterocycles. The van der Waals surface area contributed by atoms with Crippen molar-refractivity contribution in [1.29, 1.82) is 0 Å². The second-order valence-electron chi connectivity index (χ2n) is 7.25. The molecule has 0 bridgehead atoms. The number of aliphatic carboxylic acids is 1. The van der Waals surface area contributed by atoms with Crippen LogP contribution in [0, 0.1) is 24.7 Å². The van der Waals surface area contributed by atoms with Crippen LogP contribution < -0.4 is 4.74 Å². The third-order valence-electron chi connectivity index (χ3n) is 5.04. The molecule has 9 heteroatoms. The van der Waals surface area contributed by atoms with Gasteiger partial charge in [0.05, 0.1) is 0 Å². The third-order valence-corrected chi connectivity index (χ3v) is 7.09. The molecule has 1 aliphatic carbocycles. The predicted octanol–water partition coefficient (Wildman–Crippen LogP) is 2.75. The molecular weight excluding hydrogens is 471 g/mol. The average Bonchev–Trinajstić information content (AvgIpc) is 3.19. The Morgan fingerprint density at radius 3 is 2.87 bits per heavy atom. The van der Waals surface area contributed by atoms with E-state index >= 15 is 0 Å². The molecule has 3 N–H and O–H groups in total. The van der Waals surface area contributed by atoms with Gasteiger partial charge in [0.25, 0.3) is 0 Å². The van der Waals surface area contributed by atoms with Gasteiger partial charge < -0.3 is 0 Å². The normalized spacial score (nSPS) is 25.2. The number of ether oxygens (including phenoxy) is 2. The minimum absolute atomic E-state index is 0.0117. The molecular formula is C21H27BBrO6S. The van der Waals surface area contributed by atoms with E-state index in [1.165, 1.54) is 11.3 Å². The number of allylic oxidation sites excluding steroid dienone is 2. The zero-order valence-electron chi connectivity index (χ0n) is 16.8. The van der Waals surface area contributed by atoms with Crippen molar-refractivity contribution < 1.29 is 29.6 Å². The van der Waals surface area contributed by atoms with E-state index in [2.05, 4.69) is 15.9 Å². The quantitative estimate of drug-likeness (QED) is 0.233. The van der Waals surface area contributed by atoms with Gasteiger partial charge in [0, 0.05) is 0 Å². The van der Waals surface area contributed by atoms with E-state index in [1.54, 1.807) is 18.1 Å². The van der Waals surface area contributed by atoms with Crippen molar-refractivity contribution in [2.75, 3.05) is 19.8 Å². The Morgan fingerprint density at radius 2 is 2.23 bits per heavy atom. The van der Waals surface area contributed by atoms with Crippen molar-refractivity contribution in [1.82, 2.24) is 0 Å². The van der Waals surface area contributed by atoms with Crippen molar-refractivity contribution >= 4 is 46.7 Å². The summed E-state index contributed by atoms with van der Waals surface area (Å²) in [6, 6.07) is 1.88. The fraction of sp³-hybridized carbons (Fsp3) is 0.524. The molecule has 163 valence electrons. The topological polar surface area (TPSA) is 96.2 Å². The molecule has 0 spiro atoms. The van der Waals surface area contributed by atoms with Crippen molar-refractivity contribution in [3.8, 4) is 5.06 Å². The van der Waals surface area contributed by atoms with E-state index in [1.807, 2.05) is 25.1 Å². The van der Waals surface area contributed by atoms with E-state index in [-0.39, 0.29) is 37.6 Å². The summed E-state index contributed by atoms with van der Waals surface area (Å²) in [5.74, 6) is 0.549. The van der Waals surface area contributed by atoms with Gasteiger partial charge in [-0.3, -0.25) is 0 Å². The fourth-order valence-electron chi connectivity index (χ4n) is 3.51. The summed E-state index contributed by atoms with van der Waals surface area (Å²) in [5.41, 5.74) is 0. The van der Waals surface area contributed by atoms with E-state index in [0.717, 1.165) is 14.4 Å². The predicted molar refractivity (Wildman–Crippen MR) is 123 cm³/mol. The van der Waals surface area contributed by atoms with Crippen LogP contribution >= 0.6 is 27.3 Å². The summed E-state index contributed by atoms with van der Waals surface area (Å²) in [4.78, 5) is 11.5. The summed E-state index contributed by atoms with van der Waals surface area (Å²) in [5, 5.41) is 30.0. The van der Waals surface area contributed by atoms with Gasteiger partial charge >= 0.3 is 191 Å². The summed E-state index contributed by atoms with van der Waals surface area (Å²) < 4.78 is 11.6. The number of carboxylic acid groups (broad SMARTS) is 1. The summed E-state index contributed by atoms with van der Waals surface area (Å²) in [6.07, 6.45) is 7.12. The molecule has 1 unspecified atom stereocenters. The number of thiophene rings is 1. The van der Waals surface area contributed by atoms with Gasteiger partial charge in [-0.25, -0.2) is 0 Å². The molecule has 1 aliphatic rings. The van der Waals surface area contributed by atoms with E-state index in [9.17, 15) is 15.0 Å². The Kier molecular flexibility index (Phi) is 10.5. The Labute approximate surface area is 190 Å². The monoisotopic (exact) mass is 497 g/mol. The van der Waals surface area contributed by atoms with Crippen LogP contribution in [-0.2, 0) is 9.53 Å². The molecule has 6 nitrogen and oxygen atoms in total. The molecule has 1 fully saturated rings. The van der Waals surface area contributed by atoms with Crippen molar-refractivity contribution in [2.24, 2.45) is 17.8 Å². The molecule has 1 aromatic heterocycles. The third kappa shape index (κ3) is 7.78. The van der Waals surface area contributed by atoms with Gasteiger partial charge in [-0.1, -0.05) is 0 Å². The van der Waals surface area contributed by atoms with E-state index in [4.69, 9.17) is 22.1 Å². The maximum atomic E-state index is 10.4. The molecule has 1 saturated carbocycles. The zero-order valence-corrected chi connectivity index (χ0v) is 19.2. The molecule has 1 radical (unpaired) electrons. The SMILES string of the molecule is [B]=C[C@@H]1CC(O)[C@H](C/C=C\COCC(=O)O)[C@H]1/C=C/[C@@H](O)COc1cc(Br)c(C)s1. The summed E-state index contributed by atoms with van der Waals surface area (Å²) >= 11 is 4.95. The van der Waals surface area contributed by atoms with Crippen LogP contribution in [0.25, 0.3) is 0 Å². The number of halogens is 1. The number of hydrogen-bond donors (Lipinski definition) is 3. The summed E-state index contributed by atoms with van der Waals surface area (Å²) in [7, 11) is 5.78. The van der Waals surface area contributed by atoms with Gasteiger partial charge in [-0.15, -0.1) is 0 Å². The van der Waals surface area contributed by atoms with Crippen LogP contribution in [0.15, 0.2) is 34.8 Å². The summed E-state index contributed by atoms with van der Waals surface area (Å²) in [6.45, 7) is 1.99. The van der Waals surface area contributed by atoms with Crippen LogP contribution in [-0.4, -0.2) is 66.8 Å². The Hall–Kier alpha value is -1.26. The Bertz CT molecular complexity index is 745. The van der Waals surface area contributed by atoms with Gasteiger partial charge in [0.1, 0.15) is 0 Å². The van der Waals surface area contributed by atoms with Crippen LogP contribution in [0.3, 0.4) is 0 Å². The van der Waals surface area contributed by atoms with Gasteiger partial charge in [0.15, 0.2) is 0 Å². The first-order chi connectivity index (χ1) is 14.3. The Morgan fingerprint density at radius 1 is 1.47 bits per heavy atom. The average molecular weight is 498 g/mol. The fourth-order valence-corrected chi connectivity index (χ4v) is 4.88. The molecule has 0 aromatic carbocycles. The number of carbonyl (C=O) groups is 1. The van der Waals surface area contributed by atoms with Gasteiger partial charge in [-0.05, 0) is 0 Å². The van der Waals surface area contributed by atoms with Crippen LogP contribution in [0.4, 0.5) is 0 Å². The van der Waals surface area contributed by atoms with Crippen molar-refractivity contribution in [3.05, 3.63) is 39.7 Å². The Balaban J connectivity index is 1.89. The molecule has 2 rings (SSSR count). The first-order valence-electron chi connectivity index (χ1n) is 9.74. The molecule has 1 heterocycles. The minimum atomic E-state index is -1.01. The van der Waals surface area contributed by atoms with Crippen LogP contribution in [0.5, 0.6) is 5.06 Å². The standard InChI is InChI=1S/C21H27BBrO6S/c1-13-18(23)9-21(30-13)29-11-15(24)5-6-16-14(10-22)8-19(25)17(16)4-2-3-7-28-12-20(26)27/h2-3,5-6,9-10,14-17,19,24-25H,4,7-8,11-12H2,1H3,(H,26,27)/b3-2-,6-5+/t14-,15+,16-,17+,19?/m0/s1. The first kappa shape index (κ1) is 25.0. The van der Waals surface area contributed by atoms with E-state index in [0.29, 0.717) is 12.8 Å². The molecule has 0 amide bonds. The number of aliphatic hydroxyl groups excluding tert-OH is 2. The van der Waals surface area contributed by atoms with Crippen LogP contribution in [0.2, 0.25) is 0 Å². The number of rotatable bonds is 12. The number of hydrogen-bond acceptors (Lipinski definition) is 6. The van der Waals surface area contributed by atoms with Crippen LogP contribution in [0.1, 0.15) is 17.7 Å². The molecule has 1 aromatic rings. The number of aryl methyl sites for hydroxylation is 1. The molecule has 5 atom stereocenters. The molecule has 30 heavy (non-hydrogen) atoms. The second-order valence-corrected chi connectivity index (χ2v) is 9.32. The van der Waals surface area contributed by atoms with Crippen molar-refractivity contribution in [2.45, 2.75) is 32.0 Å². The van der Waals surface area contributed by atoms with Gasteiger partial charge in [0.2, 0.25) is 0 Å². The van der Waals surface area contributed by atoms with Gasteiger partial charge in [-0.2, -0.15) is 0 Å². The molecule has 0 aliphatic heterocycles. The maximum absolute atomic E-state index is 10.4. The van der Waals surface area contributed by atoms with Crippen molar-refractivity contribution in [3.63, 3.8) is 0 Å². The number of carboxylic acids is 1. The zero-order chi connectivity index (χ0) is 22.1. The second kappa shape index (κ2) is 12.6. The number of aliphatic hydroxyl groups is 2. The first-order valence-corrected chi connectivity index (χ1v) is 11.4. The van der Waals surface area contributed by atoms with E-state index < -0.39 is 18.2 Å².